The van der Waals surface area contributed by atoms with E-state index in [-0.39, 0.29) is 67.2 Å². The first kappa shape index (κ1) is 56.2. The Labute approximate surface area is 529 Å². The Bertz CT molecular complexity index is 4370. The number of rotatable bonds is 4. The van der Waals surface area contributed by atoms with Crippen LogP contribution in [-0.2, 0) is 39.9 Å². The highest BCUT2D eigenvalue weighted by Crippen LogP contribution is 2.60. The van der Waals surface area contributed by atoms with Gasteiger partial charge in [-0.1, -0.05) is 72.8 Å². The van der Waals surface area contributed by atoms with Gasteiger partial charge in [0.1, 0.15) is 46.0 Å². The van der Waals surface area contributed by atoms with Gasteiger partial charge in [-0.2, -0.15) is 0 Å². The van der Waals surface area contributed by atoms with Crippen molar-refractivity contribution in [2.45, 2.75) is 49.4 Å². The molecule has 12 aromatic rings. The number of H-pyrrole nitrogens is 4. The maximum Gasteiger partial charge on any atom is 0.462 e. The molecule has 92 heavy (non-hydrogen) atoms. The lowest BCUT2D eigenvalue weighted by Gasteiger charge is -2.36. The van der Waals surface area contributed by atoms with Gasteiger partial charge in [0.2, 0.25) is 0 Å². The van der Waals surface area contributed by atoms with Crippen LogP contribution >= 0.6 is 30.4 Å². The van der Waals surface area contributed by atoms with Crippen LogP contribution in [0.1, 0.15) is 95.5 Å². The second kappa shape index (κ2) is 19.9. The van der Waals surface area contributed by atoms with Gasteiger partial charge in [-0.25, -0.2) is 18.3 Å². The van der Waals surface area contributed by atoms with E-state index in [1.54, 1.807) is 170 Å². The molecule has 0 radical (unpaired) electrons. The van der Waals surface area contributed by atoms with Crippen molar-refractivity contribution in [1.29, 1.82) is 0 Å². The third-order valence-electron chi connectivity index (χ3n) is 19.0. The van der Waals surface area contributed by atoms with E-state index >= 15 is 18.3 Å². The Hall–Kier alpha value is -9.80. The molecular formula is C72H56N4O12P4. The summed E-state index contributed by atoms with van der Waals surface area (Å²) < 4.78 is 123. The normalized spacial score (nSPS) is 26.8. The van der Waals surface area contributed by atoms with Crippen LogP contribution in [0.15, 0.2) is 243 Å². The van der Waals surface area contributed by atoms with Crippen LogP contribution in [0.3, 0.4) is 0 Å². The zero-order valence-electron chi connectivity index (χ0n) is 49.8. The molecule has 16 nitrogen and oxygen atoms in total. The van der Waals surface area contributed by atoms with Crippen molar-refractivity contribution in [3.05, 3.63) is 310 Å². The molecule has 5 aliphatic rings. The van der Waals surface area contributed by atoms with E-state index in [0.717, 1.165) is 0 Å². The second-order valence-electron chi connectivity index (χ2n) is 24.5. The first-order valence-electron chi connectivity index (χ1n) is 29.9. The molecule has 0 spiro atoms. The number of fused-ring (bicyclic) bond motifs is 14. The van der Waals surface area contributed by atoms with Crippen LogP contribution in [0.25, 0.3) is 0 Å². The molecule has 4 N–H and O–H groups in total. The van der Waals surface area contributed by atoms with Gasteiger partial charge in [0.15, 0.2) is 0 Å². The number of hydrogen-bond acceptors (Lipinski definition) is 12. The molecule has 456 valence electrons. The van der Waals surface area contributed by atoms with Crippen molar-refractivity contribution in [2.24, 2.45) is 0 Å². The molecule has 0 atom stereocenters. The summed E-state index contributed by atoms with van der Waals surface area (Å²) >= 11 is 0. The zero-order chi connectivity index (χ0) is 62.6. The summed E-state index contributed by atoms with van der Waals surface area (Å²) in [5, 5.41) is 0.735. The van der Waals surface area contributed by atoms with Crippen LogP contribution in [0.4, 0.5) is 0 Å². The fourth-order valence-corrected chi connectivity index (χ4v) is 19.9. The van der Waals surface area contributed by atoms with Gasteiger partial charge in [-0.15, -0.1) is 0 Å². The lowest BCUT2D eigenvalue weighted by Crippen LogP contribution is -2.32. The fourth-order valence-electron chi connectivity index (χ4n) is 13.6. The third kappa shape index (κ3) is 8.58. The largest absolute Gasteiger partial charge is 0.462 e. The molecule has 4 aromatic heterocycles. The highest BCUT2D eigenvalue weighted by atomic mass is 31.2. The monoisotopic (exact) mass is 1290 g/mol. The summed E-state index contributed by atoms with van der Waals surface area (Å²) in [4.78, 5) is 15.9. The van der Waals surface area contributed by atoms with Gasteiger partial charge < -0.3 is 56.1 Å². The Morgan fingerprint density at radius 2 is 0.380 bits per heavy atom. The summed E-state index contributed by atoms with van der Waals surface area (Å²) in [5.74, 6) is 0.0400. The minimum atomic E-state index is -4.67. The van der Waals surface area contributed by atoms with Crippen LogP contribution in [-0.4, -0.2) is 19.9 Å². The molecule has 9 heterocycles. The first-order valence-corrected chi connectivity index (χ1v) is 36.1. The molecule has 24 bridgehead atoms. The summed E-state index contributed by atoms with van der Waals surface area (Å²) in [6, 6.07) is 70.9. The average molecular weight is 1290 g/mol. The molecular weight excluding hydrogens is 1240 g/mol. The maximum atomic E-state index is 16.7. The van der Waals surface area contributed by atoms with Gasteiger partial charge in [0.05, 0.1) is 42.9 Å². The van der Waals surface area contributed by atoms with Crippen molar-refractivity contribution in [1.82, 2.24) is 19.9 Å². The van der Waals surface area contributed by atoms with E-state index in [9.17, 15) is 0 Å². The Morgan fingerprint density at radius 3 is 0.533 bits per heavy atom. The molecule has 0 fully saturated rings. The Morgan fingerprint density at radius 1 is 0.228 bits per heavy atom. The molecule has 8 aromatic carbocycles. The standard InChI is InChI=1S/C72H56N4O12P4/c1-69-45-33-49-41-50(34-45)82-90(78,58-19-11-6-12-20-58)84-52-36-47-38-54(43-52)86-92(80,60-23-15-8-16-24-60)88-56-40-48-39-55(44-56)87-91(79,59-21-13-7-14-22-59)85-53-37-46(35-51(42-53)83-89(77,81-49)57-17-9-5-10-18-57)70(2,63-27-25-61(69)73-63)65-29-31-67(75-65)72(48,4)68-32-30-66(76-68)71(47,3)64-28-26-62(69)74-64/h5-44,73-76H,1-4H3/t69-,70+,71-,72+,89?,90?,91?,92?. The predicted octanol–water partition coefficient (Wildman–Crippen LogP) is 15.9. The van der Waals surface area contributed by atoms with Gasteiger partial charge in [-0.3, -0.25) is 0 Å². The number of benzene rings is 8. The second-order valence-corrected chi connectivity index (χ2v) is 32.0. The Balaban J connectivity index is 1.08. The number of aromatic amines is 4. The first-order chi connectivity index (χ1) is 44.3. The number of nitrogens with one attached hydrogen (secondary N) is 4. The molecule has 0 aliphatic carbocycles. The van der Waals surface area contributed by atoms with Gasteiger partial charge in [0.25, 0.3) is 0 Å². The van der Waals surface area contributed by atoms with Crippen molar-refractivity contribution in [2.75, 3.05) is 0 Å². The smallest absolute Gasteiger partial charge is 0.413 e. The predicted molar refractivity (Wildman–Crippen MR) is 351 cm³/mol. The van der Waals surface area contributed by atoms with E-state index < -0.39 is 52.0 Å². The molecule has 0 amide bonds. The van der Waals surface area contributed by atoms with E-state index in [0.29, 0.717) is 67.8 Å². The summed E-state index contributed by atoms with van der Waals surface area (Å²) in [5.41, 5.74) is 2.59. The van der Waals surface area contributed by atoms with E-state index in [1.807, 2.05) is 48.5 Å². The number of aromatic nitrogens is 4. The number of hydrogen-bond donors (Lipinski definition) is 4. The zero-order valence-corrected chi connectivity index (χ0v) is 53.4. The lowest BCUT2D eigenvalue weighted by molar-refractivity contribution is 0.386. The topological polar surface area (TPSA) is 205 Å². The van der Waals surface area contributed by atoms with Crippen molar-refractivity contribution < 1.29 is 54.5 Å². The highest BCUT2D eigenvalue weighted by Gasteiger charge is 2.48. The van der Waals surface area contributed by atoms with Crippen LogP contribution in [0, 0.1) is 0 Å². The minimum absolute atomic E-state index is 0.00500. The van der Waals surface area contributed by atoms with Gasteiger partial charge in [-0.05, 0) is 196 Å². The maximum absolute atomic E-state index is 16.7. The summed E-state index contributed by atoms with van der Waals surface area (Å²) in [7, 11) is -18.7. The van der Waals surface area contributed by atoms with E-state index in [4.69, 9.17) is 36.2 Å². The fraction of sp³-hybridized carbons (Fsp3) is 0.111. The van der Waals surface area contributed by atoms with E-state index in [2.05, 4.69) is 47.6 Å². The van der Waals surface area contributed by atoms with E-state index in [1.165, 1.54) is 24.3 Å². The van der Waals surface area contributed by atoms with Crippen LogP contribution < -0.4 is 57.4 Å². The van der Waals surface area contributed by atoms with Gasteiger partial charge >= 0.3 is 30.4 Å². The average Bonchev–Trinajstić information content (AvgIpc) is 1.50. The summed E-state index contributed by atoms with van der Waals surface area (Å²) in [6.07, 6.45) is 0. The molecule has 17 rings (SSSR count). The third-order valence-corrected chi connectivity index (χ3v) is 26.3. The van der Waals surface area contributed by atoms with Crippen molar-refractivity contribution in [3.63, 3.8) is 0 Å². The quantitative estimate of drug-likeness (QED) is 0.122. The molecule has 20 heteroatoms. The molecule has 0 unspecified atom stereocenters. The summed E-state index contributed by atoms with van der Waals surface area (Å²) in [6.45, 7) is 8.23. The van der Waals surface area contributed by atoms with Crippen molar-refractivity contribution in [3.8, 4) is 46.0 Å². The molecule has 0 saturated heterocycles. The van der Waals surface area contributed by atoms with Crippen LogP contribution in [0.2, 0.25) is 0 Å². The minimum Gasteiger partial charge on any atom is -0.413 e. The molecule has 5 aliphatic heterocycles. The highest BCUT2D eigenvalue weighted by molar-refractivity contribution is 7.64. The van der Waals surface area contributed by atoms with Gasteiger partial charge in [0, 0.05) is 69.8 Å². The SMILES string of the molecule is C[C@]12c3cc4cc(c3)OP(=O)(c3ccccc3)Oc3cc5cc(c3)[C@](C)(c3ccc([nH]3)[C@]3(C)c6cc(cc(c6)OP(=O)(c6ccccc6)O5)OP(=O)(c5ccccc5)Oc5cc(cc(c5)[C@](C)(c5ccc1[nH]5)c1ccc3[nH]1)OP(=O)(c1ccccc1)O4)c1ccc2[nH]1. The molecule has 0 saturated carbocycles. The lowest BCUT2D eigenvalue weighted by atomic mass is 9.75. The Kier molecular flexibility index (Phi) is 12.1. The van der Waals surface area contributed by atoms with Crippen LogP contribution in [0.5, 0.6) is 46.0 Å². The van der Waals surface area contributed by atoms with Crippen molar-refractivity contribution >= 4 is 51.6 Å².